The van der Waals surface area contributed by atoms with Crippen molar-refractivity contribution in [2.75, 3.05) is 7.05 Å². The zero-order chi connectivity index (χ0) is 14.1. The van der Waals surface area contributed by atoms with Crippen LogP contribution in [0.1, 0.15) is 16.5 Å². The van der Waals surface area contributed by atoms with Crippen molar-refractivity contribution in [1.29, 1.82) is 0 Å². The van der Waals surface area contributed by atoms with Crippen LogP contribution in [0.25, 0.3) is 9.40 Å². The van der Waals surface area contributed by atoms with Gasteiger partial charge >= 0.3 is 0 Å². The van der Waals surface area contributed by atoms with Gasteiger partial charge in [-0.05, 0) is 54.7 Å². The van der Waals surface area contributed by atoms with E-state index >= 15 is 0 Å². The average Bonchev–Trinajstić information content (AvgIpc) is 3.00. The quantitative estimate of drug-likeness (QED) is 0.690. The Morgan fingerprint density at radius 2 is 2.10 bits per heavy atom. The molecule has 1 unspecified atom stereocenters. The number of fused-ring (bicyclic) bond motifs is 1. The van der Waals surface area contributed by atoms with Crippen molar-refractivity contribution in [3.8, 4) is 0 Å². The number of likely N-dealkylation sites (N-methyl/N-ethyl adjacent to an activating group) is 1. The molecule has 1 nitrogen and oxygen atoms in total. The lowest BCUT2D eigenvalue weighted by Gasteiger charge is -2.15. The van der Waals surface area contributed by atoms with E-state index in [1.54, 1.807) is 28.7 Å². The molecule has 0 amide bonds. The Balaban J connectivity index is 1.90. The molecular formula is C15H13ClFNS2. The van der Waals surface area contributed by atoms with Crippen molar-refractivity contribution in [3.05, 3.63) is 57.0 Å². The molecule has 1 N–H and O–H groups in total. The third-order valence-electron chi connectivity index (χ3n) is 3.28. The van der Waals surface area contributed by atoms with E-state index in [2.05, 4.69) is 22.8 Å². The lowest BCUT2D eigenvalue weighted by atomic mass is 10.0. The van der Waals surface area contributed by atoms with Crippen molar-refractivity contribution in [2.24, 2.45) is 0 Å². The minimum absolute atomic E-state index is 0.152. The Morgan fingerprint density at radius 1 is 1.25 bits per heavy atom. The Kier molecular flexibility index (Phi) is 4.08. The Labute approximate surface area is 130 Å². The molecule has 0 spiro atoms. The van der Waals surface area contributed by atoms with Crippen LogP contribution in [-0.4, -0.2) is 7.05 Å². The minimum atomic E-state index is -0.244. The van der Waals surface area contributed by atoms with E-state index in [4.69, 9.17) is 11.6 Å². The maximum absolute atomic E-state index is 13.3. The number of thiophene rings is 2. The summed E-state index contributed by atoms with van der Waals surface area (Å²) in [6.07, 6.45) is 0.681. The first-order valence-electron chi connectivity index (χ1n) is 6.25. The Morgan fingerprint density at radius 3 is 2.85 bits per heavy atom. The first-order valence-corrected chi connectivity index (χ1v) is 8.33. The highest BCUT2D eigenvalue weighted by molar-refractivity contribution is 7.26. The highest BCUT2D eigenvalue weighted by Gasteiger charge is 2.16. The second-order valence-corrected chi connectivity index (χ2v) is 7.05. The fourth-order valence-corrected chi connectivity index (χ4v) is 4.65. The van der Waals surface area contributed by atoms with Crippen LogP contribution in [0, 0.1) is 5.82 Å². The molecule has 0 aliphatic heterocycles. The summed E-state index contributed by atoms with van der Waals surface area (Å²) in [7, 11) is 1.92. The van der Waals surface area contributed by atoms with Gasteiger partial charge in [-0.2, -0.15) is 0 Å². The first-order chi connectivity index (χ1) is 9.67. The highest BCUT2D eigenvalue weighted by Crippen LogP contribution is 2.35. The average molecular weight is 326 g/mol. The molecule has 3 rings (SSSR count). The summed E-state index contributed by atoms with van der Waals surface area (Å²) >= 11 is 9.67. The van der Waals surface area contributed by atoms with E-state index in [0.717, 1.165) is 5.56 Å². The predicted molar refractivity (Wildman–Crippen MR) is 86.6 cm³/mol. The van der Waals surface area contributed by atoms with Crippen molar-refractivity contribution in [2.45, 2.75) is 12.5 Å². The molecule has 0 bridgehead atoms. The number of nitrogens with one attached hydrogen (secondary N) is 1. The normalized spacial score (nSPS) is 12.9. The van der Waals surface area contributed by atoms with Crippen LogP contribution in [0.4, 0.5) is 4.39 Å². The van der Waals surface area contributed by atoms with Gasteiger partial charge in [0.05, 0.1) is 0 Å². The molecule has 1 aromatic carbocycles. The van der Waals surface area contributed by atoms with Gasteiger partial charge in [0.25, 0.3) is 0 Å². The van der Waals surface area contributed by atoms with Crippen LogP contribution in [0.15, 0.2) is 35.7 Å². The van der Waals surface area contributed by atoms with Crippen LogP contribution in [-0.2, 0) is 6.42 Å². The molecule has 0 fully saturated rings. The van der Waals surface area contributed by atoms with Crippen LogP contribution in [0.5, 0.6) is 0 Å². The molecule has 0 saturated heterocycles. The largest absolute Gasteiger partial charge is 0.312 e. The molecule has 5 heteroatoms. The lowest BCUT2D eigenvalue weighted by molar-refractivity contribution is 0.592. The van der Waals surface area contributed by atoms with Crippen molar-refractivity contribution in [3.63, 3.8) is 0 Å². The van der Waals surface area contributed by atoms with Gasteiger partial charge in [0.2, 0.25) is 0 Å². The van der Waals surface area contributed by atoms with Gasteiger partial charge in [-0.15, -0.1) is 22.7 Å². The maximum Gasteiger partial charge on any atom is 0.123 e. The van der Waals surface area contributed by atoms with Gasteiger partial charge in [-0.1, -0.05) is 11.6 Å². The predicted octanol–water partition coefficient (Wildman–Crippen LogP) is 5.26. The number of benzene rings is 1. The van der Waals surface area contributed by atoms with Crippen molar-refractivity contribution < 1.29 is 4.39 Å². The molecule has 3 aromatic rings. The summed E-state index contributed by atoms with van der Waals surface area (Å²) in [5.74, 6) is -0.244. The van der Waals surface area contributed by atoms with E-state index in [9.17, 15) is 4.39 Å². The van der Waals surface area contributed by atoms with E-state index < -0.39 is 0 Å². The van der Waals surface area contributed by atoms with E-state index in [1.807, 2.05) is 7.05 Å². The summed E-state index contributed by atoms with van der Waals surface area (Å²) in [5.41, 5.74) is 0.836. The topological polar surface area (TPSA) is 12.0 Å². The molecule has 2 heterocycles. The Hall–Kier alpha value is -0.940. The third-order valence-corrected chi connectivity index (χ3v) is 5.86. The zero-order valence-electron chi connectivity index (χ0n) is 10.8. The summed E-state index contributed by atoms with van der Waals surface area (Å²) in [6.45, 7) is 0. The maximum atomic E-state index is 13.3. The molecular weight excluding hydrogens is 313 g/mol. The summed E-state index contributed by atoms with van der Waals surface area (Å²) in [5, 5.41) is 6.01. The van der Waals surface area contributed by atoms with Crippen LogP contribution < -0.4 is 5.32 Å². The zero-order valence-corrected chi connectivity index (χ0v) is 13.2. The summed E-state index contributed by atoms with van der Waals surface area (Å²) in [6, 6.07) is 9.02. The summed E-state index contributed by atoms with van der Waals surface area (Å²) < 4.78 is 15.9. The number of halogens is 2. The molecule has 2 aromatic heterocycles. The molecule has 20 heavy (non-hydrogen) atoms. The number of hydrogen-bond donors (Lipinski definition) is 1. The second kappa shape index (κ2) is 5.82. The lowest BCUT2D eigenvalue weighted by Crippen LogP contribution is -2.17. The smallest absolute Gasteiger partial charge is 0.123 e. The fourth-order valence-electron chi connectivity index (χ4n) is 2.22. The van der Waals surface area contributed by atoms with E-state index in [0.29, 0.717) is 11.4 Å². The van der Waals surface area contributed by atoms with Gasteiger partial charge in [-0.3, -0.25) is 0 Å². The fraction of sp³-hybridized carbons (Fsp3) is 0.200. The molecule has 0 aliphatic carbocycles. The van der Waals surface area contributed by atoms with E-state index in [-0.39, 0.29) is 11.9 Å². The molecule has 104 valence electrons. The van der Waals surface area contributed by atoms with Crippen LogP contribution >= 0.6 is 34.3 Å². The molecule has 1 atom stereocenters. The van der Waals surface area contributed by atoms with Gasteiger partial charge in [0.1, 0.15) is 5.82 Å². The monoisotopic (exact) mass is 325 g/mol. The first kappa shape index (κ1) is 14.0. The molecule has 0 aliphatic rings. The number of hydrogen-bond acceptors (Lipinski definition) is 3. The summed E-state index contributed by atoms with van der Waals surface area (Å²) in [4.78, 5) is 1.26. The van der Waals surface area contributed by atoms with Gasteiger partial charge < -0.3 is 5.32 Å². The molecule has 0 saturated carbocycles. The third kappa shape index (κ3) is 2.74. The van der Waals surface area contributed by atoms with Gasteiger partial charge in [-0.25, -0.2) is 4.39 Å². The van der Waals surface area contributed by atoms with Crippen molar-refractivity contribution in [1.82, 2.24) is 5.32 Å². The van der Waals surface area contributed by atoms with Crippen molar-refractivity contribution >= 4 is 43.7 Å². The standard InChI is InChI=1S/C15H13ClFNS2/c1-18-12(7-9-6-10(17)2-3-11(9)16)14-8-15-13(20-14)4-5-19-15/h2-6,8,12,18H,7H2,1H3. The molecule has 0 radical (unpaired) electrons. The van der Waals surface area contributed by atoms with Crippen LogP contribution in [0.3, 0.4) is 0 Å². The van der Waals surface area contributed by atoms with Gasteiger partial charge in [0.15, 0.2) is 0 Å². The Bertz CT molecular complexity index is 706. The number of rotatable bonds is 4. The SMILES string of the molecule is CNC(Cc1cc(F)ccc1Cl)c1cc2sccc2s1. The van der Waals surface area contributed by atoms with Gasteiger partial charge in [0, 0.05) is 25.3 Å². The minimum Gasteiger partial charge on any atom is -0.312 e. The van der Waals surface area contributed by atoms with E-state index in [1.165, 1.54) is 26.4 Å². The second-order valence-electron chi connectivity index (χ2n) is 4.58. The van der Waals surface area contributed by atoms with Crippen LogP contribution in [0.2, 0.25) is 5.02 Å². The highest BCUT2D eigenvalue weighted by atomic mass is 35.5.